The molecule has 1 aromatic heterocycles. The van der Waals surface area contributed by atoms with Gasteiger partial charge in [-0.1, -0.05) is 36.4 Å². The van der Waals surface area contributed by atoms with Crippen molar-refractivity contribution < 1.29 is 0 Å². The average Bonchev–Trinajstić information content (AvgIpc) is 2.83. The van der Waals surface area contributed by atoms with Crippen molar-refractivity contribution in [3.63, 3.8) is 0 Å². The van der Waals surface area contributed by atoms with Crippen LogP contribution in [0.5, 0.6) is 0 Å². The summed E-state index contributed by atoms with van der Waals surface area (Å²) < 4.78 is 0.834. The number of aryl methyl sites for hydroxylation is 1. The van der Waals surface area contributed by atoms with Crippen LogP contribution in [0.3, 0.4) is 0 Å². The number of nitrogens with zero attached hydrogens (tertiary/aromatic N) is 2. The summed E-state index contributed by atoms with van der Waals surface area (Å²) in [6.07, 6.45) is 7.94. The topological polar surface area (TPSA) is 12.9 Å². The molecular formula is C31H30N2+. The lowest BCUT2D eigenvalue weighted by atomic mass is 9.77. The maximum Gasteiger partial charge on any atom is 0.132 e. The van der Waals surface area contributed by atoms with E-state index in [1.165, 1.54) is 63.0 Å². The summed E-state index contributed by atoms with van der Waals surface area (Å²) in [4.78, 5) is 4.47. The normalized spacial score (nSPS) is 16.4. The summed E-state index contributed by atoms with van der Waals surface area (Å²) in [5.41, 5.74) is 6.73. The van der Waals surface area contributed by atoms with Gasteiger partial charge in [0.2, 0.25) is 0 Å². The number of benzene rings is 4. The number of aromatic nitrogens is 1. The van der Waals surface area contributed by atoms with Gasteiger partial charge in [0.05, 0.1) is 26.7 Å². The Bertz CT molecular complexity index is 1510. The first-order valence-corrected chi connectivity index (χ1v) is 12.0. The monoisotopic (exact) mass is 430 g/mol. The predicted molar refractivity (Wildman–Crippen MR) is 142 cm³/mol. The molecule has 1 unspecified atom stereocenters. The molecule has 1 aliphatic rings. The van der Waals surface area contributed by atoms with Gasteiger partial charge >= 0.3 is 0 Å². The maximum atomic E-state index is 4.47. The fraction of sp³-hybridized carbons (Fsp3) is 0.226. The van der Waals surface area contributed by atoms with Crippen LogP contribution in [-0.2, 0) is 6.42 Å². The summed E-state index contributed by atoms with van der Waals surface area (Å²) in [7, 11) is 6.67. The van der Waals surface area contributed by atoms with Crippen LogP contribution < -0.4 is 4.48 Å². The quantitative estimate of drug-likeness (QED) is 0.214. The molecule has 0 saturated carbocycles. The Hall–Kier alpha value is -3.23. The van der Waals surface area contributed by atoms with E-state index in [1.807, 2.05) is 12.3 Å². The summed E-state index contributed by atoms with van der Waals surface area (Å²) in [5, 5.41) is 6.72. The van der Waals surface area contributed by atoms with Gasteiger partial charge in [-0.15, -0.1) is 0 Å². The Morgan fingerprint density at radius 3 is 2.55 bits per heavy atom. The van der Waals surface area contributed by atoms with E-state index in [0.717, 1.165) is 10.00 Å². The molecule has 1 heterocycles. The molecule has 0 fully saturated rings. The third kappa shape index (κ3) is 3.59. The molecule has 33 heavy (non-hydrogen) atoms. The first-order chi connectivity index (χ1) is 16.0. The molecule has 4 aromatic carbocycles. The molecule has 1 atom stereocenters. The highest BCUT2D eigenvalue weighted by molar-refractivity contribution is 6.09. The highest BCUT2D eigenvalue weighted by Gasteiger charge is 2.23. The highest BCUT2D eigenvalue weighted by atomic mass is 15.3. The lowest BCUT2D eigenvalue weighted by Crippen LogP contribution is -2.34. The highest BCUT2D eigenvalue weighted by Crippen LogP contribution is 2.41. The lowest BCUT2D eigenvalue weighted by Gasteiger charge is -2.27. The van der Waals surface area contributed by atoms with Crippen LogP contribution in [0.2, 0.25) is 0 Å². The fourth-order valence-electron chi connectivity index (χ4n) is 5.51. The van der Waals surface area contributed by atoms with Gasteiger partial charge in [0.15, 0.2) is 0 Å². The van der Waals surface area contributed by atoms with E-state index in [1.54, 1.807) is 5.56 Å². The smallest absolute Gasteiger partial charge is 0.132 e. The van der Waals surface area contributed by atoms with Gasteiger partial charge in [0.25, 0.3) is 0 Å². The molecular weight excluding hydrogens is 400 g/mol. The Morgan fingerprint density at radius 1 is 0.818 bits per heavy atom. The summed E-state index contributed by atoms with van der Waals surface area (Å²) >= 11 is 0. The number of fused-ring (bicyclic) bond motifs is 6. The molecule has 6 rings (SSSR count). The Kier molecular flexibility index (Phi) is 4.74. The van der Waals surface area contributed by atoms with Gasteiger partial charge in [-0.05, 0) is 100 Å². The molecule has 2 heteroatoms. The van der Waals surface area contributed by atoms with Crippen LogP contribution in [0.15, 0.2) is 79.0 Å². The van der Waals surface area contributed by atoms with Crippen LogP contribution in [0.1, 0.15) is 35.4 Å². The molecule has 1 radical (unpaired) electrons. The molecule has 5 aromatic rings. The van der Waals surface area contributed by atoms with Crippen molar-refractivity contribution in [3.05, 3.63) is 102 Å². The molecule has 1 aliphatic carbocycles. The molecule has 0 spiro atoms. The van der Waals surface area contributed by atoms with E-state index in [0.29, 0.717) is 5.92 Å². The van der Waals surface area contributed by atoms with Crippen molar-refractivity contribution in [1.29, 1.82) is 0 Å². The van der Waals surface area contributed by atoms with Crippen molar-refractivity contribution in [2.75, 3.05) is 21.1 Å². The van der Waals surface area contributed by atoms with E-state index < -0.39 is 0 Å². The molecule has 0 aliphatic heterocycles. The van der Waals surface area contributed by atoms with E-state index in [9.17, 15) is 0 Å². The Morgan fingerprint density at radius 2 is 1.67 bits per heavy atom. The minimum Gasteiger partial charge on any atom is -0.298 e. The Balaban J connectivity index is 1.41. The maximum absolute atomic E-state index is 4.47. The van der Waals surface area contributed by atoms with Crippen molar-refractivity contribution in [3.8, 4) is 0 Å². The first-order valence-electron chi connectivity index (χ1n) is 12.0. The number of quaternary nitrogens is 1. The zero-order chi connectivity index (χ0) is 22.6. The third-order valence-electron chi connectivity index (χ3n) is 7.28. The van der Waals surface area contributed by atoms with Crippen molar-refractivity contribution in [1.82, 2.24) is 9.47 Å². The second kappa shape index (κ2) is 7.67. The van der Waals surface area contributed by atoms with Gasteiger partial charge in [-0.25, -0.2) is 0 Å². The summed E-state index contributed by atoms with van der Waals surface area (Å²) in [6, 6.07) is 27.2. The van der Waals surface area contributed by atoms with E-state index >= 15 is 0 Å². The first kappa shape index (κ1) is 20.4. The number of hydrogen-bond donors (Lipinski definition) is 0. The molecule has 0 N–H and O–H groups in total. The average molecular weight is 431 g/mol. The number of pyridine rings is 1. The minimum absolute atomic E-state index is 0.462. The second-order valence-electron chi connectivity index (χ2n) is 10.3. The molecule has 0 amide bonds. The molecule has 0 bridgehead atoms. The van der Waals surface area contributed by atoms with Crippen molar-refractivity contribution in [2.24, 2.45) is 0 Å². The summed E-state index contributed by atoms with van der Waals surface area (Å²) in [5.74, 6) is 0.462. The van der Waals surface area contributed by atoms with Gasteiger partial charge in [0.1, 0.15) is 5.69 Å². The fourth-order valence-corrected chi connectivity index (χ4v) is 5.51. The van der Waals surface area contributed by atoms with Crippen LogP contribution in [0.25, 0.3) is 32.4 Å². The zero-order valence-corrected chi connectivity index (χ0v) is 19.7. The zero-order valence-electron chi connectivity index (χ0n) is 19.7. The second-order valence-corrected chi connectivity index (χ2v) is 10.3. The van der Waals surface area contributed by atoms with E-state index in [2.05, 4.69) is 99.3 Å². The van der Waals surface area contributed by atoms with E-state index in [-0.39, 0.29) is 0 Å². The van der Waals surface area contributed by atoms with Crippen LogP contribution >= 0.6 is 0 Å². The van der Waals surface area contributed by atoms with Gasteiger partial charge in [-0.2, -0.15) is 0 Å². The lowest BCUT2D eigenvalue weighted by molar-refractivity contribution is 0.487. The summed E-state index contributed by atoms with van der Waals surface area (Å²) in [6.45, 7) is 0. The molecule has 0 saturated heterocycles. The van der Waals surface area contributed by atoms with Crippen molar-refractivity contribution in [2.45, 2.75) is 25.2 Å². The minimum atomic E-state index is 0.462. The van der Waals surface area contributed by atoms with Gasteiger partial charge in [0, 0.05) is 17.6 Å². The molecule has 2 nitrogen and oxygen atoms in total. The number of hydrogen-bond acceptors (Lipinski definition) is 1. The largest absolute Gasteiger partial charge is 0.298 e. The van der Waals surface area contributed by atoms with Gasteiger partial charge < -0.3 is 0 Å². The standard InChI is InChI=1S/C31H30N2/c1-33(2,3)25-11-13-26-23(20-25)10-12-30-28-8-4-6-22(27(28)14-15-29(26)30)18-21-9-16-31-24(19-21)7-5-17-32-31/h5,7,9-20,22H,4,6,8H2,1-3H3/q+1. The Labute approximate surface area is 196 Å². The third-order valence-corrected chi connectivity index (χ3v) is 7.28. The van der Waals surface area contributed by atoms with Crippen LogP contribution in [-0.4, -0.2) is 26.1 Å². The number of rotatable bonds is 3. The van der Waals surface area contributed by atoms with Crippen molar-refractivity contribution >= 4 is 38.1 Å². The van der Waals surface area contributed by atoms with Gasteiger partial charge in [-0.3, -0.25) is 9.47 Å². The van der Waals surface area contributed by atoms with Crippen LogP contribution in [0, 0.1) is 6.42 Å². The molecule has 163 valence electrons. The SMILES string of the molecule is C[N+](C)(C)c1ccc2c(ccc3c4c(ccc32)C([CH]c2ccc3ncccc3c2)CCC4)c1. The van der Waals surface area contributed by atoms with E-state index in [4.69, 9.17) is 0 Å². The van der Waals surface area contributed by atoms with Crippen LogP contribution in [0.4, 0.5) is 5.69 Å². The predicted octanol–water partition coefficient (Wildman–Crippen LogP) is 7.41.